The van der Waals surface area contributed by atoms with Gasteiger partial charge in [0.2, 0.25) is 0 Å². The number of amides is 1. The van der Waals surface area contributed by atoms with Crippen LogP contribution in [-0.4, -0.2) is 42.0 Å². The van der Waals surface area contributed by atoms with E-state index in [4.69, 9.17) is 14.6 Å². The first-order chi connectivity index (χ1) is 9.78. The van der Waals surface area contributed by atoms with Crippen molar-refractivity contribution in [3.63, 3.8) is 0 Å². The first-order valence-corrected chi connectivity index (χ1v) is 7.53. The highest BCUT2D eigenvalue weighted by Gasteiger charge is 2.24. The van der Waals surface area contributed by atoms with Gasteiger partial charge < -0.3 is 19.9 Å². The van der Waals surface area contributed by atoms with E-state index in [1.165, 1.54) is 0 Å². The summed E-state index contributed by atoms with van der Waals surface area (Å²) in [5.74, 6) is -1.16. The minimum absolute atomic E-state index is 0.0985. The van der Waals surface area contributed by atoms with Gasteiger partial charge in [-0.15, -0.1) is 0 Å². The summed E-state index contributed by atoms with van der Waals surface area (Å²) in [4.78, 5) is 22.6. The van der Waals surface area contributed by atoms with Gasteiger partial charge in [-0.2, -0.15) is 11.3 Å². The maximum absolute atomic E-state index is 11.5. The Bertz CT molecular complexity index is 452. The molecule has 21 heavy (non-hydrogen) atoms. The topological polar surface area (TPSA) is 84.9 Å². The normalized spacial score (nSPS) is 12.7. The van der Waals surface area contributed by atoms with Crippen LogP contribution in [0.1, 0.15) is 26.3 Å². The average Bonchev–Trinajstić information content (AvgIpc) is 2.83. The maximum atomic E-state index is 11.5. The van der Waals surface area contributed by atoms with Crippen molar-refractivity contribution in [2.45, 2.75) is 38.8 Å². The Morgan fingerprint density at radius 2 is 2.14 bits per heavy atom. The largest absolute Gasteiger partial charge is 0.480 e. The van der Waals surface area contributed by atoms with Crippen molar-refractivity contribution >= 4 is 23.4 Å². The minimum Gasteiger partial charge on any atom is -0.480 e. The van der Waals surface area contributed by atoms with Gasteiger partial charge in [0.1, 0.15) is 5.60 Å². The van der Waals surface area contributed by atoms with Crippen LogP contribution in [0.2, 0.25) is 0 Å². The number of carboxylic acids is 1. The number of hydrogen-bond donors (Lipinski definition) is 2. The lowest BCUT2D eigenvalue weighted by Crippen LogP contribution is -2.46. The van der Waals surface area contributed by atoms with Gasteiger partial charge in [0, 0.05) is 0 Å². The number of hydrogen-bond acceptors (Lipinski definition) is 5. The van der Waals surface area contributed by atoms with Crippen LogP contribution in [0, 0.1) is 0 Å². The van der Waals surface area contributed by atoms with Gasteiger partial charge in [-0.1, -0.05) is 0 Å². The molecule has 2 N–H and O–H groups in total. The van der Waals surface area contributed by atoms with E-state index in [-0.39, 0.29) is 6.61 Å². The maximum Gasteiger partial charge on any atom is 0.408 e. The highest BCUT2D eigenvalue weighted by molar-refractivity contribution is 7.07. The van der Waals surface area contributed by atoms with Crippen LogP contribution >= 0.6 is 11.3 Å². The molecule has 1 aromatic rings. The first kappa shape index (κ1) is 17.5. The quantitative estimate of drug-likeness (QED) is 0.754. The van der Waals surface area contributed by atoms with Crippen LogP contribution in [0.5, 0.6) is 0 Å². The third-order valence-electron chi connectivity index (χ3n) is 2.39. The van der Waals surface area contributed by atoms with Crippen molar-refractivity contribution in [1.29, 1.82) is 0 Å². The molecule has 7 heteroatoms. The fourth-order valence-electron chi connectivity index (χ4n) is 1.45. The van der Waals surface area contributed by atoms with E-state index < -0.39 is 23.7 Å². The van der Waals surface area contributed by atoms with Crippen LogP contribution in [0.15, 0.2) is 16.8 Å². The molecule has 0 aliphatic rings. The summed E-state index contributed by atoms with van der Waals surface area (Å²) in [6, 6.07) is 0.865. The lowest BCUT2D eigenvalue weighted by Gasteiger charge is -2.22. The molecular weight excluding hydrogens is 294 g/mol. The molecule has 0 radical (unpaired) electrons. The summed E-state index contributed by atoms with van der Waals surface area (Å²) in [6.07, 6.45) is -0.0567. The van der Waals surface area contributed by atoms with Crippen LogP contribution < -0.4 is 5.32 Å². The lowest BCUT2D eigenvalue weighted by molar-refractivity contribution is -0.141. The van der Waals surface area contributed by atoms with E-state index in [9.17, 15) is 9.59 Å². The number of ether oxygens (including phenoxy) is 2. The molecule has 6 nitrogen and oxygen atoms in total. The number of carbonyl (C=O) groups excluding carboxylic acids is 1. The van der Waals surface area contributed by atoms with Gasteiger partial charge in [0.05, 0.1) is 13.2 Å². The number of alkyl carbamates (subject to hydrolysis) is 1. The molecule has 0 aliphatic carbocycles. The fraction of sp³-hybridized carbons (Fsp3) is 0.571. The Kier molecular flexibility index (Phi) is 6.64. The van der Waals surface area contributed by atoms with Crippen molar-refractivity contribution in [3.8, 4) is 0 Å². The van der Waals surface area contributed by atoms with Gasteiger partial charge in [0.25, 0.3) is 0 Å². The highest BCUT2D eigenvalue weighted by atomic mass is 32.1. The summed E-state index contributed by atoms with van der Waals surface area (Å²) < 4.78 is 10.3. The van der Waals surface area contributed by atoms with Gasteiger partial charge in [-0.25, -0.2) is 9.59 Å². The summed E-state index contributed by atoms with van der Waals surface area (Å²) >= 11 is 1.60. The average molecular weight is 315 g/mol. The Hall–Kier alpha value is -1.60. The van der Waals surface area contributed by atoms with E-state index in [0.717, 1.165) is 5.56 Å². The minimum atomic E-state index is -1.16. The zero-order valence-corrected chi connectivity index (χ0v) is 13.2. The zero-order valence-electron chi connectivity index (χ0n) is 12.4. The molecule has 1 unspecified atom stereocenters. The number of aliphatic carboxylic acids is 1. The van der Waals surface area contributed by atoms with Crippen LogP contribution in [0.3, 0.4) is 0 Å². The Morgan fingerprint density at radius 3 is 2.67 bits per heavy atom. The highest BCUT2D eigenvalue weighted by Crippen LogP contribution is 2.08. The van der Waals surface area contributed by atoms with E-state index in [1.54, 1.807) is 32.1 Å². The summed E-state index contributed by atoms with van der Waals surface area (Å²) in [5, 5.41) is 15.3. The first-order valence-electron chi connectivity index (χ1n) is 6.59. The van der Waals surface area contributed by atoms with Gasteiger partial charge in [-0.3, -0.25) is 0 Å². The molecule has 1 amide bonds. The summed E-state index contributed by atoms with van der Waals surface area (Å²) in [7, 11) is 0. The smallest absolute Gasteiger partial charge is 0.408 e. The molecule has 1 rings (SSSR count). The summed E-state index contributed by atoms with van der Waals surface area (Å²) in [6.45, 7) is 5.42. The molecule has 1 aromatic heterocycles. The SMILES string of the molecule is CC(C)(C)OC(=O)NC(COCCc1ccsc1)C(=O)O. The molecule has 0 saturated carbocycles. The molecule has 0 fully saturated rings. The second kappa shape index (κ2) is 7.99. The summed E-state index contributed by atoms with van der Waals surface area (Å²) in [5.41, 5.74) is 0.472. The molecule has 0 aromatic carbocycles. The van der Waals surface area contributed by atoms with Crippen molar-refractivity contribution < 1.29 is 24.2 Å². The van der Waals surface area contributed by atoms with Crippen molar-refractivity contribution in [3.05, 3.63) is 22.4 Å². The molecule has 118 valence electrons. The van der Waals surface area contributed by atoms with Crippen molar-refractivity contribution in [2.75, 3.05) is 13.2 Å². The second-order valence-electron chi connectivity index (χ2n) is 5.49. The van der Waals surface area contributed by atoms with Crippen molar-refractivity contribution in [2.24, 2.45) is 0 Å². The zero-order chi connectivity index (χ0) is 15.9. The standard InChI is InChI=1S/C14H21NO5S/c1-14(2,3)20-13(18)15-11(12(16)17)8-19-6-4-10-5-7-21-9-10/h5,7,9,11H,4,6,8H2,1-3H3,(H,15,18)(H,16,17). The van der Waals surface area contributed by atoms with Gasteiger partial charge in [0.15, 0.2) is 6.04 Å². The number of rotatable bonds is 7. The fourth-order valence-corrected chi connectivity index (χ4v) is 2.15. The molecule has 0 spiro atoms. The number of nitrogens with one attached hydrogen (secondary N) is 1. The van der Waals surface area contributed by atoms with Crippen LogP contribution in [-0.2, 0) is 20.7 Å². The van der Waals surface area contributed by atoms with Gasteiger partial charge >= 0.3 is 12.1 Å². The van der Waals surface area contributed by atoms with E-state index in [1.807, 2.05) is 16.8 Å². The molecule has 0 saturated heterocycles. The Morgan fingerprint density at radius 1 is 1.43 bits per heavy atom. The van der Waals surface area contributed by atoms with Crippen LogP contribution in [0.4, 0.5) is 4.79 Å². The predicted octanol–water partition coefficient (Wildman–Crippen LogP) is 2.29. The molecule has 1 heterocycles. The number of carbonyl (C=O) groups is 2. The van der Waals surface area contributed by atoms with Crippen LogP contribution in [0.25, 0.3) is 0 Å². The third kappa shape index (κ3) is 7.67. The molecule has 0 bridgehead atoms. The molecular formula is C14H21NO5S. The van der Waals surface area contributed by atoms with E-state index in [0.29, 0.717) is 13.0 Å². The predicted molar refractivity (Wildman–Crippen MR) is 79.6 cm³/mol. The lowest BCUT2D eigenvalue weighted by atomic mass is 10.2. The molecule has 0 aliphatic heterocycles. The third-order valence-corrected chi connectivity index (χ3v) is 3.12. The second-order valence-corrected chi connectivity index (χ2v) is 6.27. The monoisotopic (exact) mass is 315 g/mol. The molecule has 1 atom stereocenters. The number of thiophene rings is 1. The van der Waals surface area contributed by atoms with E-state index >= 15 is 0 Å². The van der Waals surface area contributed by atoms with E-state index in [2.05, 4.69) is 5.32 Å². The Labute approximate surface area is 128 Å². The van der Waals surface area contributed by atoms with Gasteiger partial charge in [-0.05, 0) is 49.6 Å². The Balaban J connectivity index is 2.32. The van der Waals surface area contributed by atoms with Crippen molar-refractivity contribution in [1.82, 2.24) is 5.32 Å². The number of carboxylic acid groups (broad SMARTS) is 1.